The van der Waals surface area contributed by atoms with Crippen LogP contribution in [0.15, 0.2) is 48.6 Å². The maximum atomic E-state index is 12.6. The number of allylic oxidation sites excluding steroid dienone is 2. The number of ether oxygens (including phenoxy) is 1. The quantitative estimate of drug-likeness (QED) is 0.631. The lowest BCUT2D eigenvalue weighted by Gasteiger charge is -2.34. The second kappa shape index (κ2) is 5.94. The highest BCUT2D eigenvalue weighted by molar-refractivity contribution is 5.91. The largest absolute Gasteiger partial charge is 0.399 e. The second-order valence-electron chi connectivity index (χ2n) is 5.75. The highest BCUT2D eigenvalue weighted by Gasteiger charge is 2.35. The Bertz CT molecular complexity index is 604. The smallest absolute Gasteiger partial charge is 0.250 e. The van der Waals surface area contributed by atoms with E-state index in [9.17, 15) is 4.79 Å². The van der Waals surface area contributed by atoms with Gasteiger partial charge in [-0.05, 0) is 17.7 Å². The molecule has 0 bridgehead atoms. The van der Waals surface area contributed by atoms with Gasteiger partial charge in [-0.3, -0.25) is 4.79 Å². The number of carbonyl (C=O) groups excluding carboxylic acids is 1. The summed E-state index contributed by atoms with van der Waals surface area (Å²) >= 11 is 0. The van der Waals surface area contributed by atoms with Gasteiger partial charge in [0.1, 0.15) is 5.54 Å². The summed E-state index contributed by atoms with van der Waals surface area (Å²) in [6.45, 7) is 2.33. The fraction of sp³-hybridized carbons (Fsp3) is 0.353. The van der Waals surface area contributed by atoms with Crippen molar-refractivity contribution in [3.63, 3.8) is 0 Å². The molecule has 0 aromatic heterocycles. The molecular formula is C17H21N3O2. The molecule has 1 amide bonds. The molecule has 1 heterocycles. The van der Waals surface area contributed by atoms with Crippen LogP contribution >= 0.6 is 0 Å². The van der Waals surface area contributed by atoms with Crippen molar-refractivity contribution in [1.82, 2.24) is 4.90 Å². The molecule has 5 nitrogen and oxygen atoms in total. The molecule has 2 aliphatic rings. The number of nitrogen functional groups attached to an aromatic ring is 1. The van der Waals surface area contributed by atoms with Gasteiger partial charge in [0.05, 0.1) is 13.2 Å². The lowest BCUT2D eigenvalue weighted by Crippen LogP contribution is -2.56. The van der Waals surface area contributed by atoms with E-state index in [2.05, 4.69) is 0 Å². The molecule has 1 aliphatic carbocycles. The maximum Gasteiger partial charge on any atom is 0.250 e. The Kier molecular flexibility index (Phi) is 4.00. The average molecular weight is 299 g/mol. The molecule has 1 fully saturated rings. The number of hydrogen-bond acceptors (Lipinski definition) is 4. The van der Waals surface area contributed by atoms with Crippen molar-refractivity contribution >= 4 is 11.6 Å². The standard InChI is InChI=1S/C17H21N3O2/c18-15-3-1-2-14(12-15)13-4-6-17(19,7-5-13)16(21)20-8-10-22-11-9-20/h1-7,12-13H,8-11,18-19H2. The lowest BCUT2D eigenvalue weighted by atomic mass is 9.86. The highest BCUT2D eigenvalue weighted by atomic mass is 16.5. The predicted octanol–water partition coefficient (Wildman–Crippen LogP) is 1.03. The molecule has 0 unspecified atom stereocenters. The van der Waals surface area contributed by atoms with E-state index in [4.69, 9.17) is 16.2 Å². The number of morpholine rings is 1. The average Bonchev–Trinajstić information content (AvgIpc) is 2.55. The summed E-state index contributed by atoms with van der Waals surface area (Å²) in [5, 5.41) is 0. The number of nitrogens with zero attached hydrogens (tertiary/aromatic N) is 1. The minimum atomic E-state index is -1.06. The Hall–Kier alpha value is -2.11. The van der Waals surface area contributed by atoms with E-state index in [1.54, 1.807) is 17.1 Å². The van der Waals surface area contributed by atoms with E-state index < -0.39 is 5.54 Å². The molecule has 1 aromatic carbocycles. The van der Waals surface area contributed by atoms with Crippen LogP contribution in [0, 0.1) is 0 Å². The molecule has 0 saturated carbocycles. The summed E-state index contributed by atoms with van der Waals surface area (Å²) in [7, 11) is 0. The maximum absolute atomic E-state index is 12.6. The molecule has 116 valence electrons. The van der Waals surface area contributed by atoms with Crippen molar-refractivity contribution in [2.24, 2.45) is 5.73 Å². The van der Waals surface area contributed by atoms with Crippen LogP contribution < -0.4 is 11.5 Å². The van der Waals surface area contributed by atoms with Crippen molar-refractivity contribution in [3.05, 3.63) is 54.1 Å². The molecule has 0 atom stereocenters. The van der Waals surface area contributed by atoms with E-state index in [1.165, 1.54) is 0 Å². The first-order valence-corrected chi connectivity index (χ1v) is 7.49. The van der Waals surface area contributed by atoms with Gasteiger partial charge in [0.25, 0.3) is 5.91 Å². The Morgan fingerprint density at radius 1 is 1.23 bits per heavy atom. The van der Waals surface area contributed by atoms with Crippen LogP contribution in [0.4, 0.5) is 5.69 Å². The van der Waals surface area contributed by atoms with Gasteiger partial charge in [0.2, 0.25) is 0 Å². The Morgan fingerprint density at radius 2 is 1.91 bits per heavy atom. The van der Waals surface area contributed by atoms with Crippen LogP contribution in [0.2, 0.25) is 0 Å². The van der Waals surface area contributed by atoms with Gasteiger partial charge in [-0.1, -0.05) is 36.4 Å². The van der Waals surface area contributed by atoms with Gasteiger partial charge in [-0.15, -0.1) is 0 Å². The zero-order chi connectivity index (χ0) is 15.6. The van der Waals surface area contributed by atoms with Crippen LogP contribution in [-0.4, -0.2) is 42.6 Å². The third-order valence-electron chi connectivity index (χ3n) is 4.12. The summed E-state index contributed by atoms with van der Waals surface area (Å²) in [5.74, 6) is 0.0204. The second-order valence-corrected chi connectivity index (χ2v) is 5.75. The van der Waals surface area contributed by atoms with Crippen LogP contribution in [0.25, 0.3) is 0 Å². The number of carbonyl (C=O) groups is 1. The molecule has 3 rings (SSSR count). The first-order valence-electron chi connectivity index (χ1n) is 7.49. The zero-order valence-electron chi connectivity index (χ0n) is 12.4. The summed E-state index contributed by atoms with van der Waals surface area (Å²) in [6, 6.07) is 7.74. The van der Waals surface area contributed by atoms with Crippen LogP contribution in [-0.2, 0) is 9.53 Å². The molecule has 22 heavy (non-hydrogen) atoms. The number of nitrogens with two attached hydrogens (primary N) is 2. The number of anilines is 1. The molecule has 1 saturated heterocycles. The van der Waals surface area contributed by atoms with Crippen molar-refractivity contribution in [3.8, 4) is 0 Å². The SMILES string of the molecule is Nc1cccc(C2C=CC(N)(C(=O)N3CCOCC3)C=C2)c1. The van der Waals surface area contributed by atoms with E-state index in [1.807, 2.05) is 36.4 Å². The number of amides is 1. The Balaban J connectivity index is 1.74. The summed E-state index contributed by atoms with van der Waals surface area (Å²) < 4.78 is 5.27. The van der Waals surface area contributed by atoms with Crippen molar-refractivity contribution in [1.29, 1.82) is 0 Å². The minimum absolute atomic E-state index is 0.0747. The van der Waals surface area contributed by atoms with E-state index >= 15 is 0 Å². The third kappa shape index (κ3) is 2.91. The zero-order valence-corrected chi connectivity index (χ0v) is 12.4. The summed E-state index contributed by atoms with van der Waals surface area (Å²) in [5.41, 5.74) is 12.9. The first kappa shape index (κ1) is 14.8. The van der Waals surface area contributed by atoms with Gasteiger partial charge in [-0.2, -0.15) is 0 Å². The fourth-order valence-electron chi connectivity index (χ4n) is 2.82. The molecule has 0 radical (unpaired) electrons. The van der Waals surface area contributed by atoms with Crippen molar-refractivity contribution in [2.75, 3.05) is 32.0 Å². The van der Waals surface area contributed by atoms with Crippen LogP contribution in [0.1, 0.15) is 11.5 Å². The molecule has 4 N–H and O–H groups in total. The van der Waals surface area contributed by atoms with E-state index in [0.717, 1.165) is 11.3 Å². The number of rotatable bonds is 2. The Labute approximate surface area is 130 Å². The normalized spacial score (nSPS) is 27.9. The van der Waals surface area contributed by atoms with Crippen LogP contribution in [0.3, 0.4) is 0 Å². The number of benzene rings is 1. The van der Waals surface area contributed by atoms with E-state index in [-0.39, 0.29) is 11.8 Å². The van der Waals surface area contributed by atoms with Gasteiger partial charge in [-0.25, -0.2) is 0 Å². The van der Waals surface area contributed by atoms with Gasteiger partial charge >= 0.3 is 0 Å². The molecule has 5 heteroatoms. The number of hydrogen-bond donors (Lipinski definition) is 2. The molecular weight excluding hydrogens is 278 g/mol. The monoisotopic (exact) mass is 299 g/mol. The molecule has 1 aromatic rings. The predicted molar refractivity (Wildman–Crippen MR) is 86.2 cm³/mol. The van der Waals surface area contributed by atoms with Gasteiger partial charge < -0.3 is 21.1 Å². The van der Waals surface area contributed by atoms with Crippen molar-refractivity contribution in [2.45, 2.75) is 11.5 Å². The first-order chi connectivity index (χ1) is 10.6. The van der Waals surface area contributed by atoms with Crippen LogP contribution in [0.5, 0.6) is 0 Å². The summed E-state index contributed by atoms with van der Waals surface area (Å²) in [4.78, 5) is 14.4. The van der Waals surface area contributed by atoms with Gasteiger partial charge in [0.15, 0.2) is 0 Å². The third-order valence-corrected chi connectivity index (χ3v) is 4.12. The molecule has 0 spiro atoms. The van der Waals surface area contributed by atoms with Gasteiger partial charge in [0, 0.05) is 24.7 Å². The fourth-order valence-corrected chi connectivity index (χ4v) is 2.82. The highest BCUT2D eigenvalue weighted by Crippen LogP contribution is 2.27. The van der Waals surface area contributed by atoms with E-state index in [0.29, 0.717) is 26.3 Å². The minimum Gasteiger partial charge on any atom is -0.399 e. The molecule has 1 aliphatic heterocycles. The van der Waals surface area contributed by atoms with Crippen molar-refractivity contribution < 1.29 is 9.53 Å². The lowest BCUT2D eigenvalue weighted by molar-refractivity contribution is -0.137. The Morgan fingerprint density at radius 3 is 2.55 bits per heavy atom. The summed E-state index contributed by atoms with van der Waals surface area (Å²) in [6.07, 6.45) is 7.51. The topological polar surface area (TPSA) is 81.6 Å².